The molecule has 7 heteroatoms. The SMILES string of the molecule is CCCCC[C@@H](c1ccc(F)c(F)c1F)N1CCNCC1.Cl.Cl. The molecule has 1 heterocycles. The number of unbranched alkanes of at least 4 members (excludes halogenated alkanes) is 2. The molecule has 1 aliphatic heterocycles. The smallest absolute Gasteiger partial charge is 0.194 e. The van der Waals surface area contributed by atoms with E-state index in [4.69, 9.17) is 0 Å². The highest BCUT2D eigenvalue weighted by Gasteiger charge is 2.26. The van der Waals surface area contributed by atoms with Crippen LogP contribution in [0.2, 0.25) is 0 Å². The second-order valence-electron chi connectivity index (χ2n) is 5.56. The fourth-order valence-electron chi connectivity index (χ4n) is 2.91. The highest BCUT2D eigenvalue weighted by Crippen LogP contribution is 2.30. The molecule has 1 N–H and O–H groups in total. The van der Waals surface area contributed by atoms with Gasteiger partial charge in [-0.15, -0.1) is 24.8 Å². The number of piperazine rings is 1. The number of benzene rings is 1. The van der Waals surface area contributed by atoms with Gasteiger partial charge in [0.15, 0.2) is 17.5 Å². The summed E-state index contributed by atoms with van der Waals surface area (Å²) in [6.45, 7) is 5.40. The minimum atomic E-state index is -1.36. The molecule has 0 aliphatic carbocycles. The first-order valence-corrected chi connectivity index (χ1v) is 7.73. The lowest BCUT2D eigenvalue weighted by atomic mass is 9.97. The predicted molar refractivity (Wildman–Crippen MR) is 92.1 cm³/mol. The summed E-state index contributed by atoms with van der Waals surface area (Å²) >= 11 is 0. The third-order valence-corrected chi connectivity index (χ3v) is 4.10. The molecule has 0 saturated carbocycles. The van der Waals surface area contributed by atoms with E-state index in [1.165, 1.54) is 6.07 Å². The van der Waals surface area contributed by atoms with Crippen molar-refractivity contribution in [2.45, 2.75) is 38.6 Å². The van der Waals surface area contributed by atoms with E-state index >= 15 is 0 Å². The van der Waals surface area contributed by atoms with Gasteiger partial charge in [-0.1, -0.05) is 32.3 Å². The molecular formula is C16H25Cl2F3N2. The summed E-state index contributed by atoms with van der Waals surface area (Å²) in [6.07, 6.45) is 3.88. The maximum atomic E-state index is 14.1. The van der Waals surface area contributed by atoms with Crippen molar-refractivity contribution in [3.63, 3.8) is 0 Å². The molecule has 2 nitrogen and oxygen atoms in total. The van der Waals surface area contributed by atoms with Gasteiger partial charge in [-0.05, 0) is 12.5 Å². The van der Waals surface area contributed by atoms with Gasteiger partial charge in [-0.2, -0.15) is 0 Å². The molecule has 1 aromatic rings. The fourth-order valence-corrected chi connectivity index (χ4v) is 2.91. The molecule has 1 saturated heterocycles. The van der Waals surface area contributed by atoms with Gasteiger partial charge in [0.2, 0.25) is 0 Å². The van der Waals surface area contributed by atoms with Gasteiger partial charge < -0.3 is 5.32 Å². The van der Waals surface area contributed by atoms with Crippen molar-refractivity contribution in [1.82, 2.24) is 10.2 Å². The molecule has 23 heavy (non-hydrogen) atoms. The highest BCUT2D eigenvalue weighted by atomic mass is 35.5. The van der Waals surface area contributed by atoms with Crippen LogP contribution < -0.4 is 5.32 Å². The van der Waals surface area contributed by atoms with Gasteiger partial charge in [0, 0.05) is 37.8 Å². The van der Waals surface area contributed by atoms with Gasteiger partial charge in [0.25, 0.3) is 0 Å². The fraction of sp³-hybridized carbons (Fsp3) is 0.625. The van der Waals surface area contributed by atoms with Crippen LogP contribution >= 0.6 is 24.8 Å². The maximum absolute atomic E-state index is 14.1. The Morgan fingerprint density at radius 1 is 1.04 bits per heavy atom. The molecule has 1 fully saturated rings. The largest absolute Gasteiger partial charge is 0.314 e. The number of rotatable bonds is 6. The molecule has 1 aromatic carbocycles. The maximum Gasteiger partial charge on any atom is 0.194 e. The van der Waals surface area contributed by atoms with E-state index < -0.39 is 17.5 Å². The zero-order valence-corrected chi connectivity index (χ0v) is 14.9. The lowest BCUT2D eigenvalue weighted by molar-refractivity contribution is 0.158. The molecule has 134 valence electrons. The van der Waals surface area contributed by atoms with E-state index in [1.807, 2.05) is 0 Å². The number of halogens is 5. The van der Waals surface area contributed by atoms with Crippen molar-refractivity contribution in [1.29, 1.82) is 0 Å². The minimum absolute atomic E-state index is 0. The van der Waals surface area contributed by atoms with Gasteiger partial charge in [-0.3, -0.25) is 4.90 Å². The summed E-state index contributed by atoms with van der Waals surface area (Å²) in [5.41, 5.74) is 0.284. The average Bonchev–Trinajstić information content (AvgIpc) is 2.51. The summed E-state index contributed by atoms with van der Waals surface area (Å²) < 4.78 is 40.8. The monoisotopic (exact) mass is 372 g/mol. The molecule has 1 atom stereocenters. The summed E-state index contributed by atoms with van der Waals surface area (Å²) in [4.78, 5) is 2.17. The van der Waals surface area contributed by atoms with Crippen LogP contribution in [-0.2, 0) is 0 Å². The lowest BCUT2D eigenvalue weighted by Gasteiger charge is -2.35. The van der Waals surface area contributed by atoms with Crippen molar-refractivity contribution >= 4 is 24.8 Å². The van der Waals surface area contributed by atoms with Crippen LogP contribution in [0.3, 0.4) is 0 Å². The lowest BCUT2D eigenvalue weighted by Crippen LogP contribution is -2.45. The molecule has 0 radical (unpaired) electrons. The predicted octanol–water partition coefficient (Wildman–Crippen LogP) is 4.47. The average molecular weight is 373 g/mol. The molecule has 2 rings (SSSR count). The Balaban J connectivity index is 0.00000242. The van der Waals surface area contributed by atoms with Gasteiger partial charge in [0.05, 0.1) is 0 Å². The van der Waals surface area contributed by atoms with Crippen LogP contribution in [0.1, 0.15) is 44.2 Å². The molecule has 0 bridgehead atoms. The Morgan fingerprint density at radius 2 is 1.70 bits per heavy atom. The Morgan fingerprint density at radius 3 is 2.30 bits per heavy atom. The normalized spacial score (nSPS) is 16.3. The Bertz CT molecular complexity index is 469. The summed E-state index contributed by atoms with van der Waals surface area (Å²) in [7, 11) is 0. The first-order chi connectivity index (χ1) is 10.1. The van der Waals surface area contributed by atoms with E-state index in [-0.39, 0.29) is 36.4 Å². The molecule has 0 unspecified atom stereocenters. The van der Waals surface area contributed by atoms with E-state index in [1.54, 1.807) is 0 Å². The van der Waals surface area contributed by atoms with E-state index in [0.717, 1.165) is 57.9 Å². The van der Waals surface area contributed by atoms with Crippen LogP contribution in [0.4, 0.5) is 13.2 Å². The van der Waals surface area contributed by atoms with Crippen molar-refractivity contribution in [2.75, 3.05) is 26.2 Å². The highest BCUT2D eigenvalue weighted by molar-refractivity contribution is 5.85. The van der Waals surface area contributed by atoms with Crippen molar-refractivity contribution < 1.29 is 13.2 Å². The van der Waals surface area contributed by atoms with Crippen LogP contribution in [0, 0.1) is 17.5 Å². The van der Waals surface area contributed by atoms with Crippen molar-refractivity contribution in [3.05, 3.63) is 35.1 Å². The number of hydrogen-bond donors (Lipinski definition) is 1. The van der Waals surface area contributed by atoms with Gasteiger partial charge in [-0.25, -0.2) is 13.2 Å². The Labute approximate surface area is 148 Å². The topological polar surface area (TPSA) is 15.3 Å². The molecule has 0 spiro atoms. The third kappa shape index (κ3) is 5.82. The summed E-state index contributed by atoms with van der Waals surface area (Å²) in [5, 5.41) is 3.25. The first-order valence-electron chi connectivity index (χ1n) is 7.73. The minimum Gasteiger partial charge on any atom is -0.314 e. The van der Waals surface area contributed by atoms with Crippen LogP contribution in [0.25, 0.3) is 0 Å². The number of nitrogens with zero attached hydrogens (tertiary/aromatic N) is 1. The van der Waals surface area contributed by atoms with E-state index in [2.05, 4.69) is 17.1 Å². The summed E-state index contributed by atoms with van der Waals surface area (Å²) in [5.74, 6) is -3.51. The van der Waals surface area contributed by atoms with Crippen molar-refractivity contribution in [2.24, 2.45) is 0 Å². The zero-order chi connectivity index (χ0) is 15.2. The van der Waals surface area contributed by atoms with E-state index in [0.29, 0.717) is 0 Å². The van der Waals surface area contributed by atoms with Gasteiger partial charge in [0.1, 0.15) is 0 Å². The zero-order valence-electron chi connectivity index (χ0n) is 13.3. The van der Waals surface area contributed by atoms with Crippen LogP contribution in [-0.4, -0.2) is 31.1 Å². The number of nitrogens with one attached hydrogen (secondary N) is 1. The Hall–Kier alpha value is -0.490. The molecule has 0 amide bonds. The van der Waals surface area contributed by atoms with Crippen molar-refractivity contribution in [3.8, 4) is 0 Å². The van der Waals surface area contributed by atoms with Crippen LogP contribution in [0.5, 0.6) is 0 Å². The first kappa shape index (κ1) is 22.5. The number of hydrogen-bond acceptors (Lipinski definition) is 2. The quantitative estimate of drug-likeness (QED) is 0.585. The third-order valence-electron chi connectivity index (χ3n) is 4.10. The summed E-state index contributed by atoms with van der Waals surface area (Å²) in [6, 6.07) is 2.25. The standard InChI is InChI=1S/C16H23F3N2.2ClH/c1-2-3-4-5-14(21-10-8-20-9-11-21)12-6-7-13(17)16(19)15(12)18;;/h6-7,14,20H,2-5,8-11H2,1H3;2*1H/t14-;;/m0../s1. The molecule has 0 aromatic heterocycles. The molecular weight excluding hydrogens is 348 g/mol. The van der Waals surface area contributed by atoms with Crippen LogP contribution in [0.15, 0.2) is 12.1 Å². The molecule has 1 aliphatic rings. The van der Waals surface area contributed by atoms with E-state index in [9.17, 15) is 13.2 Å². The van der Waals surface area contributed by atoms with Gasteiger partial charge >= 0.3 is 0 Å². The Kier molecular flexibility index (Phi) is 10.9. The second kappa shape index (κ2) is 11.1. The second-order valence-corrected chi connectivity index (χ2v) is 5.56.